The largest absolute Gasteiger partial charge is 0.383 e. The number of fused-ring (bicyclic) bond motifs is 1. The third kappa shape index (κ3) is 4.54. The van der Waals surface area contributed by atoms with Crippen molar-refractivity contribution in [3.05, 3.63) is 72.6 Å². The first-order valence-corrected chi connectivity index (χ1v) is 12.2. The maximum Gasteiger partial charge on any atom is 0.199 e. The zero-order valence-corrected chi connectivity index (χ0v) is 20.6. The van der Waals surface area contributed by atoms with Gasteiger partial charge >= 0.3 is 0 Å². The predicted molar refractivity (Wildman–Crippen MR) is 140 cm³/mol. The van der Waals surface area contributed by atoms with Crippen molar-refractivity contribution in [1.29, 1.82) is 0 Å². The van der Waals surface area contributed by atoms with Gasteiger partial charge in [-0.25, -0.2) is 19.3 Å². The third-order valence-corrected chi connectivity index (χ3v) is 7.00. The molecule has 2 aromatic carbocycles. The molecule has 35 heavy (non-hydrogen) atoms. The number of aromatic nitrogens is 4. The maximum absolute atomic E-state index is 13.8. The molecule has 0 spiro atoms. The molecule has 5 aromatic rings. The van der Waals surface area contributed by atoms with E-state index in [4.69, 9.17) is 14.7 Å². The summed E-state index contributed by atoms with van der Waals surface area (Å²) in [6.45, 7) is 2.70. The Hall–Kier alpha value is -3.62. The number of aryl methyl sites for hydroxylation is 1. The predicted octanol–water partition coefficient (Wildman–Crippen LogP) is 6.51. The molecule has 0 aliphatic heterocycles. The Bertz CT molecular complexity index is 1440. The first-order chi connectivity index (χ1) is 17.1. The summed E-state index contributed by atoms with van der Waals surface area (Å²) in [5, 5.41) is 4.41. The van der Waals surface area contributed by atoms with E-state index in [0.29, 0.717) is 30.4 Å². The Morgan fingerprint density at radius 2 is 1.83 bits per heavy atom. The average molecular weight is 488 g/mol. The van der Waals surface area contributed by atoms with Crippen LogP contribution in [0.3, 0.4) is 0 Å². The minimum Gasteiger partial charge on any atom is -0.383 e. The molecule has 0 fully saturated rings. The Morgan fingerprint density at radius 1 is 1.06 bits per heavy atom. The second-order valence-corrected chi connectivity index (χ2v) is 9.27. The van der Waals surface area contributed by atoms with Crippen LogP contribution in [-0.4, -0.2) is 39.8 Å². The quantitative estimate of drug-likeness (QED) is 0.253. The Labute approximate surface area is 207 Å². The van der Waals surface area contributed by atoms with Crippen LogP contribution in [0.25, 0.3) is 43.4 Å². The van der Waals surface area contributed by atoms with Gasteiger partial charge in [0.05, 0.1) is 12.0 Å². The van der Waals surface area contributed by atoms with Crippen LogP contribution in [-0.2, 0) is 11.8 Å². The van der Waals surface area contributed by atoms with Gasteiger partial charge in [-0.2, -0.15) is 0 Å². The van der Waals surface area contributed by atoms with Crippen molar-refractivity contribution >= 4 is 27.4 Å². The van der Waals surface area contributed by atoms with Crippen molar-refractivity contribution in [3.8, 4) is 33.2 Å². The van der Waals surface area contributed by atoms with E-state index in [-0.39, 0.29) is 0 Å². The van der Waals surface area contributed by atoms with Crippen molar-refractivity contribution in [2.24, 2.45) is 7.05 Å². The van der Waals surface area contributed by atoms with E-state index in [9.17, 15) is 4.39 Å². The molecule has 0 amide bonds. The number of alkyl halides is 1. The fraction of sp³-hybridized carbons (Fsp3) is 0.222. The molecule has 0 saturated heterocycles. The van der Waals surface area contributed by atoms with Gasteiger partial charge < -0.3 is 14.6 Å². The number of nitrogens with one attached hydrogen (secondary N) is 1. The van der Waals surface area contributed by atoms with Crippen LogP contribution in [0.1, 0.15) is 18.7 Å². The lowest BCUT2D eigenvalue weighted by Crippen LogP contribution is -2.10. The van der Waals surface area contributed by atoms with Gasteiger partial charge in [0.25, 0.3) is 0 Å². The fourth-order valence-corrected chi connectivity index (χ4v) is 5.27. The molecule has 8 heteroatoms. The average Bonchev–Trinajstić information content (AvgIpc) is 3.48. The standard InChI is InChI=1S/C27H26FN5OS/c1-17(28)18-9-11-20(12-10-18)23-21(19-7-5-4-6-8-19)22-24(29-14-16-34-3)31-25(32-27(22)35-23)26-30-13-15-33(26)2/h4-13,15,17H,14,16H2,1-3H3,(H,29,31,32)/t17-/m0/s1. The highest BCUT2D eigenvalue weighted by molar-refractivity contribution is 7.22. The number of ether oxygens (including phenoxy) is 1. The second-order valence-electron chi connectivity index (χ2n) is 8.27. The van der Waals surface area contributed by atoms with Crippen LogP contribution in [0.15, 0.2) is 67.0 Å². The molecule has 0 unspecified atom stereocenters. The number of halogens is 1. The summed E-state index contributed by atoms with van der Waals surface area (Å²) in [7, 11) is 3.60. The zero-order valence-electron chi connectivity index (χ0n) is 19.8. The highest BCUT2D eigenvalue weighted by atomic mass is 32.1. The minimum absolute atomic E-state index is 0.545. The van der Waals surface area contributed by atoms with Crippen LogP contribution in [0.5, 0.6) is 0 Å². The van der Waals surface area contributed by atoms with Crippen LogP contribution in [0, 0.1) is 0 Å². The second kappa shape index (κ2) is 9.93. The van der Waals surface area contributed by atoms with E-state index in [1.165, 1.54) is 0 Å². The molecular weight excluding hydrogens is 461 g/mol. The van der Waals surface area contributed by atoms with Gasteiger partial charge in [0, 0.05) is 43.5 Å². The SMILES string of the molecule is COCCNc1nc(-c2nccn2C)nc2sc(-c3ccc([C@H](C)F)cc3)c(-c3ccccc3)c12. The van der Waals surface area contributed by atoms with E-state index in [1.807, 2.05) is 60.3 Å². The number of imidazole rings is 1. The van der Waals surface area contributed by atoms with E-state index in [0.717, 1.165) is 37.6 Å². The molecule has 0 saturated carbocycles. The molecule has 3 aromatic heterocycles. The lowest BCUT2D eigenvalue weighted by molar-refractivity contribution is 0.210. The van der Waals surface area contributed by atoms with Crippen LogP contribution >= 0.6 is 11.3 Å². The van der Waals surface area contributed by atoms with Crippen molar-refractivity contribution in [1.82, 2.24) is 19.5 Å². The van der Waals surface area contributed by atoms with Gasteiger partial charge in [-0.3, -0.25) is 0 Å². The monoisotopic (exact) mass is 487 g/mol. The number of hydrogen-bond donors (Lipinski definition) is 1. The summed E-state index contributed by atoms with van der Waals surface area (Å²) in [4.78, 5) is 16.2. The first kappa shape index (κ1) is 23.1. The van der Waals surface area contributed by atoms with Gasteiger partial charge in [-0.15, -0.1) is 11.3 Å². The minimum atomic E-state index is -1.01. The van der Waals surface area contributed by atoms with Crippen molar-refractivity contribution in [2.45, 2.75) is 13.1 Å². The van der Waals surface area contributed by atoms with E-state index < -0.39 is 6.17 Å². The molecule has 0 bridgehead atoms. The highest BCUT2D eigenvalue weighted by Gasteiger charge is 2.23. The number of hydrogen-bond acceptors (Lipinski definition) is 6. The molecule has 0 radical (unpaired) electrons. The van der Waals surface area contributed by atoms with Gasteiger partial charge in [0.1, 0.15) is 16.8 Å². The number of methoxy groups -OCH3 is 1. The summed E-state index contributed by atoms with van der Waals surface area (Å²) in [6, 6.07) is 17.9. The Kier molecular flexibility index (Phi) is 6.57. The normalized spacial score (nSPS) is 12.2. The summed E-state index contributed by atoms with van der Waals surface area (Å²) < 4.78 is 21.0. The van der Waals surface area contributed by atoms with Crippen molar-refractivity contribution < 1.29 is 9.13 Å². The van der Waals surface area contributed by atoms with Gasteiger partial charge in [0.15, 0.2) is 11.6 Å². The zero-order chi connectivity index (χ0) is 24.4. The van der Waals surface area contributed by atoms with E-state index >= 15 is 0 Å². The molecule has 1 N–H and O–H groups in total. The molecule has 178 valence electrons. The molecule has 0 aliphatic rings. The fourth-order valence-electron chi connectivity index (χ4n) is 4.06. The maximum atomic E-state index is 13.8. The molecule has 6 nitrogen and oxygen atoms in total. The lowest BCUT2D eigenvalue weighted by atomic mass is 9.98. The molecule has 0 aliphatic carbocycles. The number of anilines is 1. The lowest BCUT2D eigenvalue weighted by Gasteiger charge is -2.11. The topological polar surface area (TPSA) is 64.9 Å². The summed E-state index contributed by atoms with van der Waals surface area (Å²) >= 11 is 1.60. The third-order valence-electron chi connectivity index (χ3n) is 5.87. The summed E-state index contributed by atoms with van der Waals surface area (Å²) in [5.74, 6) is 1.98. The van der Waals surface area contributed by atoms with Crippen LogP contribution < -0.4 is 5.32 Å². The number of rotatable bonds is 8. The van der Waals surface area contributed by atoms with Crippen LogP contribution in [0.4, 0.5) is 10.2 Å². The van der Waals surface area contributed by atoms with Crippen molar-refractivity contribution in [3.63, 3.8) is 0 Å². The van der Waals surface area contributed by atoms with Crippen molar-refractivity contribution in [2.75, 3.05) is 25.6 Å². The smallest absolute Gasteiger partial charge is 0.199 e. The molecular formula is C27H26FN5OS. The van der Waals surface area contributed by atoms with Gasteiger partial charge in [-0.1, -0.05) is 54.6 Å². The molecule has 5 rings (SSSR count). The number of benzene rings is 2. The van der Waals surface area contributed by atoms with E-state index in [2.05, 4.69) is 22.4 Å². The van der Waals surface area contributed by atoms with Crippen LogP contribution in [0.2, 0.25) is 0 Å². The van der Waals surface area contributed by atoms with Gasteiger partial charge in [0.2, 0.25) is 0 Å². The molecule has 3 heterocycles. The Balaban J connectivity index is 1.77. The van der Waals surface area contributed by atoms with Gasteiger partial charge in [-0.05, 0) is 23.6 Å². The number of nitrogens with zero attached hydrogens (tertiary/aromatic N) is 4. The highest BCUT2D eigenvalue weighted by Crippen LogP contribution is 2.47. The first-order valence-electron chi connectivity index (χ1n) is 11.4. The Morgan fingerprint density at radius 3 is 2.49 bits per heavy atom. The van der Waals surface area contributed by atoms with E-state index in [1.54, 1.807) is 31.6 Å². The molecule has 1 atom stereocenters. The number of thiophene rings is 1. The summed E-state index contributed by atoms with van der Waals surface area (Å²) in [5.41, 5.74) is 3.80. The summed E-state index contributed by atoms with van der Waals surface area (Å²) in [6.07, 6.45) is 2.61.